The fourth-order valence-electron chi connectivity index (χ4n) is 4.96. The minimum absolute atomic E-state index is 0. The summed E-state index contributed by atoms with van der Waals surface area (Å²) in [4.78, 5) is 7.08. The van der Waals surface area contributed by atoms with Crippen molar-refractivity contribution in [2.24, 2.45) is 0 Å². The second kappa shape index (κ2) is 18.8. The van der Waals surface area contributed by atoms with E-state index in [1.165, 1.54) is 44.8 Å². The Balaban J connectivity index is 0.00000456. The van der Waals surface area contributed by atoms with Gasteiger partial charge in [0.15, 0.2) is 0 Å². The quantitative estimate of drug-likeness (QED) is 0.278. The largest absolute Gasteiger partial charge is 2.00 e. The van der Waals surface area contributed by atoms with Gasteiger partial charge in [-0.3, -0.25) is 9.88 Å². The number of pyridine rings is 1. The summed E-state index contributed by atoms with van der Waals surface area (Å²) in [6.45, 7) is 17.9. The minimum Gasteiger partial charge on any atom is -1.00 e. The molecule has 0 fully saturated rings. The van der Waals surface area contributed by atoms with E-state index < -0.39 is 0 Å². The number of aryl methyl sites for hydroxylation is 6. The van der Waals surface area contributed by atoms with Gasteiger partial charge in [0.2, 0.25) is 0 Å². The van der Waals surface area contributed by atoms with E-state index in [4.69, 9.17) is 0 Å². The molecule has 0 aliphatic rings. The monoisotopic (exact) mass is 689 g/mol. The first-order valence-corrected chi connectivity index (χ1v) is 13.3. The van der Waals surface area contributed by atoms with Crippen LogP contribution in [0.2, 0.25) is 0 Å². The first-order chi connectivity index (χ1) is 16.9. The van der Waals surface area contributed by atoms with Crippen molar-refractivity contribution in [1.29, 1.82) is 0 Å². The van der Waals surface area contributed by atoms with Crippen LogP contribution in [0.25, 0.3) is 0 Å². The van der Waals surface area contributed by atoms with Crippen molar-refractivity contribution < 1.29 is 50.7 Å². The van der Waals surface area contributed by atoms with Gasteiger partial charge in [-0.15, -0.1) is 0 Å². The molecular weight excluding hydrogens is 647 g/mol. The fourth-order valence-corrected chi connectivity index (χ4v) is 4.96. The van der Waals surface area contributed by atoms with Crippen molar-refractivity contribution in [2.45, 2.75) is 67.3 Å². The molecule has 2 aromatic carbocycles. The number of anilines is 2. The van der Waals surface area contributed by atoms with Gasteiger partial charge in [0.1, 0.15) is 0 Å². The Hall–Kier alpha value is -1.38. The van der Waals surface area contributed by atoms with Gasteiger partial charge < -0.3 is 44.6 Å². The first-order valence-electron chi connectivity index (χ1n) is 13.3. The maximum absolute atomic E-state index is 4.58. The zero-order valence-corrected chi connectivity index (χ0v) is 28.0. The predicted octanol–water partition coefficient (Wildman–Crippen LogP) is 0.726. The molecule has 0 saturated carbocycles. The molecule has 4 nitrogen and oxygen atoms in total. The summed E-state index contributed by atoms with van der Waals surface area (Å²) in [5.41, 5.74) is 12.0. The van der Waals surface area contributed by atoms with Crippen molar-refractivity contribution in [3.63, 3.8) is 0 Å². The Morgan fingerprint density at radius 2 is 1.29 bits per heavy atom. The summed E-state index contributed by atoms with van der Waals surface area (Å²) in [5, 5.41) is 7.50. The topological polar surface area (TPSA) is 40.2 Å². The molecule has 3 rings (SSSR count). The Kier molecular flexibility index (Phi) is 18.1. The summed E-state index contributed by atoms with van der Waals surface area (Å²) < 4.78 is 0. The molecule has 7 heteroatoms. The van der Waals surface area contributed by atoms with Crippen molar-refractivity contribution in [3.05, 3.63) is 87.7 Å². The second-order valence-corrected chi connectivity index (χ2v) is 9.57. The molecule has 0 spiro atoms. The minimum atomic E-state index is 0. The third-order valence-corrected chi connectivity index (χ3v) is 6.78. The third-order valence-electron chi connectivity index (χ3n) is 6.78. The summed E-state index contributed by atoms with van der Waals surface area (Å²) in [6.07, 6.45) is 5.09. The maximum Gasteiger partial charge on any atom is 2.00 e. The van der Waals surface area contributed by atoms with Crippen LogP contribution in [-0.4, -0.2) is 36.1 Å². The van der Waals surface area contributed by atoms with Gasteiger partial charge in [0, 0.05) is 50.3 Å². The van der Waals surface area contributed by atoms with E-state index in [1.54, 1.807) is 0 Å². The van der Waals surface area contributed by atoms with E-state index in [-0.39, 0.29) is 50.7 Å². The Labute approximate surface area is 262 Å². The number of benzene rings is 2. The molecule has 211 valence electrons. The molecule has 0 saturated heterocycles. The van der Waals surface area contributed by atoms with Crippen molar-refractivity contribution in [2.75, 3.05) is 36.8 Å². The fraction of sp³-hybridized carbons (Fsp3) is 0.452. The van der Waals surface area contributed by atoms with Crippen LogP contribution in [0.3, 0.4) is 0 Å². The summed E-state index contributed by atoms with van der Waals surface area (Å²) in [7, 11) is 0. The van der Waals surface area contributed by atoms with Gasteiger partial charge in [-0.2, -0.15) is 0 Å². The van der Waals surface area contributed by atoms with Gasteiger partial charge >= 0.3 is 16.8 Å². The molecule has 1 heterocycles. The van der Waals surface area contributed by atoms with E-state index in [1.807, 2.05) is 12.3 Å². The first kappa shape index (κ1) is 36.6. The van der Waals surface area contributed by atoms with Gasteiger partial charge in [-0.1, -0.05) is 56.7 Å². The van der Waals surface area contributed by atoms with Crippen LogP contribution in [-0.2, 0) is 42.6 Å². The Morgan fingerprint density at radius 3 is 1.76 bits per heavy atom. The molecule has 0 atom stereocenters. The molecule has 1 aromatic heterocycles. The van der Waals surface area contributed by atoms with E-state index >= 15 is 0 Å². The molecule has 3 aromatic rings. The number of halogens is 2. The zero-order valence-electron chi connectivity index (χ0n) is 23.8. The predicted molar refractivity (Wildman–Crippen MR) is 152 cm³/mol. The molecule has 0 amide bonds. The van der Waals surface area contributed by atoms with Crippen LogP contribution in [0, 0.1) is 20.8 Å². The van der Waals surface area contributed by atoms with E-state index in [0.717, 1.165) is 57.7 Å². The normalized spacial score (nSPS) is 10.3. The molecule has 38 heavy (non-hydrogen) atoms. The third kappa shape index (κ3) is 10.6. The summed E-state index contributed by atoms with van der Waals surface area (Å²) in [5.74, 6) is 0. The average Bonchev–Trinajstić information content (AvgIpc) is 2.85. The van der Waals surface area contributed by atoms with Crippen LogP contribution in [0.4, 0.5) is 11.4 Å². The molecular formula is C31H44Br2CoN4. The van der Waals surface area contributed by atoms with Crippen LogP contribution < -0.4 is 44.6 Å². The van der Waals surface area contributed by atoms with E-state index in [0.29, 0.717) is 0 Å². The molecule has 2 N–H and O–H groups in total. The summed E-state index contributed by atoms with van der Waals surface area (Å²) >= 11 is 0. The Morgan fingerprint density at radius 1 is 0.737 bits per heavy atom. The Bertz CT molecular complexity index is 1040. The zero-order chi connectivity index (χ0) is 25.2. The van der Waals surface area contributed by atoms with Crippen molar-refractivity contribution in [3.8, 4) is 0 Å². The van der Waals surface area contributed by atoms with Crippen LogP contribution in [0.1, 0.15) is 59.8 Å². The summed E-state index contributed by atoms with van der Waals surface area (Å²) in [6, 6.07) is 15.4. The van der Waals surface area contributed by atoms with Gasteiger partial charge in [-0.05, 0) is 80.0 Å². The van der Waals surface area contributed by atoms with Crippen molar-refractivity contribution in [1.82, 2.24) is 9.88 Å². The van der Waals surface area contributed by atoms with Gasteiger partial charge in [0.05, 0.1) is 5.69 Å². The number of hydrogen-bond donors (Lipinski definition) is 2. The number of rotatable bonds is 13. The molecule has 0 unspecified atom stereocenters. The SMILES string of the molecule is CCc1cc(CC)c(NCCN(CCNc2c(C)cc(C)cc2C)Cc2ccccn2)c(CC)c1.[Br-].[Br-].[Co+2]. The van der Waals surface area contributed by atoms with Gasteiger partial charge in [-0.25, -0.2) is 0 Å². The molecule has 0 bridgehead atoms. The number of nitrogens with zero attached hydrogens (tertiary/aromatic N) is 2. The number of hydrogen-bond acceptors (Lipinski definition) is 4. The van der Waals surface area contributed by atoms with Crippen LogP contribution >= 0.6 is 0 Å². The smallest absolute Gasteiger partial charge is 1.00 e. The van der Waals surface area contributed by atoms with Gasteiger partial charge in [0.25, 0.3) is 0 Å². The van der Waals surface area contributed by atoms with E-state index in [2.05, 4.69) is 98.5 Å². The van der Waals surface area contributed by atoms with Crippen molar-refractivity contribution >= 4 is 11.4 Å². The molecule has 1 radical (unpaired) electrons. The van der Waals surface area contributed by atoms with Crippen LogP contribution in [0.15, 0.2) is 48.7 Å². The van der Waals surface area contributed by atoms with Crippen LogP contribution in [0.5, 0.6) is 0 Å². The van der Waals surface area contributed by atoms with E-state index in [9.17, 15) is 0 Å². The average molecular weight is 691 g/mol. The number of aromatic nitrogens is 1. The molecule has 0 aliphatic heterocycles. The second-order valence-electron chi connectivity index (χ2n) is 9.57. The maximum atomic E-state index is 4.58. The standard InChI is InChI=1S/C31H44N4.2BrH.Co/c1-7-26-20-27(8-2)31(28(9-3)21-26)34-15-17-35(22-29-12-10-11-13-32-29)16-14-33-30-24(5)18-23(4)19-25(30)6;;;/h10-13,18-21,33-34H,7-9,14-17,22H2,1-6H3;2*1H;/q;;;+2/p-2. The number of nitrogens with one attached hydrogen (secondary N) is 2. The molecule has 0 aliphatic carbocycles.